The molecular weight excluding hydrogens is 376 g/mol. The molecule has 0 fully saturated rings. The summed E-state index contributed by atoms with van der Waals surface area (Å²) in [6, 6.07) is 17.3. The molecule has 0 aliphatic rings. The number of nitrogens with zero attached hydrogens (tertiary/aromatic N) is 1. The van der Waals surface area contributed by atoms with Gasteiger partial charge in [-0.15, -0.1) is 0 Å². The number of benzene rings is 2. The van der Waals surface area contributed by atoms with Gasteiger partial charge in [0.2, 0.25) is 0 Å². The summed E-state index contributed by atoms with van der Waals surface area (Å²) in [6.07, 6.45) is 3.26. The first-order chi connectivity index (χ1) is 14.6. The molecule has 0 saturated heterocycles. The van der Waals surface area contributed by atoms with Gasteiger partial charge in [0.1, 0.15) is 5.69 Å². The van der Waals surface area contributed by atoms with Crippen molar-refractivity contribution >= 4 is 33.6 Å². The lowest BCUT2D eigenvalue weighted by molar-refractivity contribution is 0.0936. The molecule has 0 aliphatic heterocycles. The third-order valence-electron chi connectivity index (χ3n) is 5.19. The summed E-state index contributed by atoms with van der Waals surface area (Å²) in [4.78, 5) is 32.2. The molecule has 6 nitrogen and oxygen atoms in total. The number of aromatic amines is 1. The Balaban J connectivity index is 1.25. The molecule has 0 atom stereocenters. The van der Waals surface area contributed by atoms with E-state index in [4.69, 9.17) is 0 Å². The van der Waals surface area contributed by atoms with Crippen LogP contribution in [-0.4, -0.2) is 34.9 Å². The summed E-state index contributed by atoms with van der Waals surface area (Å²) in [7, 11) is 0. The first-order valence-electron chi connectivity index (χ1n) is 10.1. The minimum Gasteiger partial charge on any atom is -0.353 e. The fraction of sp³-hybridized carbons (Fsp3) is 0.208. The summed E-state index contributed by atoms with van der Waals surface area (Å²) >= 11 is 0. The summed E-state index contributed by atoms with van der Waals surface area (Å²) in [5, 5.41) is 7.90. The second-order valence-electron chi connectivity index (χ2n) is 7.32. The number of para-hydroxylation sites is 1. The monoisotopic (exact) mass is 400 g/mol. The fourth-order valence-electron chi connectivity index (χ4n) is 3.54. The van der Waals surface area contributed by atoms with E-state index in [9.17, 15) is 9.59 Å². The number of pyridine rings is 1. The average Bonchev–Trinajstić information content (AvgIpc) is 3.14. The van der Waals surface area contributed by atoms with Crippen LogP contribution in [0.3, 0.4) is 0 Å². The molecule has 2 heterocycles. The molecule has 0 spiro atoms. The number of rotatable bonds is 7. The predicted octanol–water partition coefficient (Wildman–Crippen LogP) is 3.96. The number of H-pyrrole nitrogens is 1. The fourth-order valence-corrected chi connectivity index (χ4v) is 3.54. The molecule has 0 bridgehead atoms. The largest absolute Gasteiger partial charge is 0.353 e. The smallest absolute Gasteiger partial charge is 0.269 e. The van der Waals surface area contributed by atoms with Crippen LogP contribution in [0.2, 0.25) is 0 Å². The minimum atomic E-state index is -0.189. The number of carbonyl (C=O) groups excluding carboxylic acids is 2. The van der Waals surface area contributed by atoms with Gasteiger partial charge in [0, 0.05) is 34.9 Å². The maximum absolute atomic E-state index is 12.5. The Morgan fingerprint density at radius 2 is 1.57 bits per heavy atom. The van der Waals surface area contributed by atoms with Crippen LogP contribution >= 0.6 is 0 Å². The lowest BCUT2D eigenvalue weighted by atomic mass is 10.1. The van der Waals surface area contributed by atoms with Crippen LogP contribution in [-0.2, 0) is 0 Å². The van der Waals surface area contributed by atoms with Crippen LogP contribution < -0.4 is 10.6 Å². The van der Waals surface area contributed by atoms with Crippen molar-refractivity contribution in [3.05, 3.63) is 77.6 Å². The van der Waals surface area contributed by atoms with Crippen LogP contribution in [0.4, 0.5) is 0 Å². The number of amides is 2. The van der Waals surface area contributed by atoms with Crippen molar-refractivity contribution in [1.29, 1.82) is 0 Å². The van der Waals surface area contributed by atoms with Gasteiger partial charge in [0.05, 0.1) is 11.7 Å². The molecule has 3 N–H and O–H groups in total. The summed E-state index contributed by atoms with van der Waals surface area (Å²) in [6.45, 7) is 3.03. The quantitative estimate of drug-likeness (QED) is 0.410. The molecular formula is C24H24N4O2. The maximum Gasteiger partial charge on any atom is 0.269 e. The number of fused-ring (bicyclic) bond motifs is 3. The highest BCUT2D eigenvalue weighted by Gasteiger charge is 2.11. The molecule has 6 heteroatoms. The van der Waals surface area contributed by atoms with Crippen molar-refractivity contribution in [3.63, 3.8) is 0 Å². The standard InChI is InChI=1S/C24H24N4O2/c1-16-8-2-3-9-17(16)23(29)25-12-6-7-13-26-24(30)21-14-19-18-10-4-5-11-20(18)28-22(19)15-27-21/h2-5,8-11,14-15,28H,6-7,12-13H2,1H3,(H,25,29)(H,26,30). The highest BCUT2D eigenvalue weighted by Crippen LogP contribution is 2.24. The lowest BCUT2D eigenvalue weighted by Gasteiger charge is -2.08. The molecule has 0 aliphatic carbocycles. The maximum atomic E-state index is 12.5. The van der Waals surface area contributed by atoms with E-state index in [1.165, 1.54) is 0 Å². The molecule has 4 aromatic rings. The van der Waals surface area contributed by atoms with Crippen molar-refractivity contribution in [2.75, 3.05) is 13.1 Å². The molecule has 2 aromatic heterocycles. The third kappa shape index (κ3) is 4.17. The van der Waals surface area contributed by atoms with E-state index < -0.39 is 0 Å². The minimum absolute atomic E-state index is 0.0617. The second kappa shape index (κ2) is 8.78. The molecule has 2 amide bonds. The first-order valence-corrected chi connectivity index (χ1v) is 10.1. The van der Waals surface area contributed by atoms with Gasteiger partial charge in [-0.2, -0.15) is 0 Å². The molecule has 2 aromatic carbocycles. The van der Waals surface area contributed by atoms with Crippen molar-refractivity contribution in [3.8, 4) is 0 Å². The Labute approximate surface area is 174 Å². The zero-order chi connectivity index (χ0) is 20.9. The van der Waals surface area contributed by atoms with Crippen molar-refractivity contribution in [1.82, 2.24) is 20.6 Å². The highest BCUT2D eigenvalue weighted by molar-refractivity contribution is 6.09. The van der Waals surface area contributed by atoms with Crippen LogP contribution in [0.25, 0.3) is 21.8 Å². The number of aryl methyl sites for hydroxylation is 1. The number of hydrogen-bond acceptors (Lipinski definition) is 3. The van der Waals surface area contributed by atoms with Gasteiger partial charge in [0.15, 0.2) is 0 Å². The number of aromatic nitrogens is 2. The Hall–Kier alpha value is -3.67. The van der Waals surface area contributed by atoms with Gasteiger partial charge in [-0.25, -0.2) is 4.98 Å². The van der Waals surface area contributed by atoms with Crippen molar-refractivity contribution in [2.45, 2.75) is 19.8 Å². The van der Waals surface area contributed by atoms with Crippen LogP contribution in [0, 0.1) is 6.92 Å². The number of unbranched alkanes of at least 4 members (excludes halogenated alkanes) is 1. The van der Waals surface area contributed by atoms with E-state index >= 15 is 0 Å². The molecule has 30 heavy (non-hydrogen) atoms. The lowest BCUT2D eigenvalue weighted by Crippen LogP contribution is -2.28. The molecule has 0 unspecified atom stereocenters. The number of hydrogen-bond donors (Lipinski definition) is 3. The normalized spacial score (nSPS) is 11.0. The van der Waals surface area contributed by atoms with E-state index in [2.05, 4.69) is 20.6 Å². The SMILES string of the molecule is Cc1ccccc1C(=O)NCCCCNC(=O)c1cc2c(cn1)[nH]c1ccccc12. The molecule has 0 radical (unpaired) electrons. The Bertz CT molecular complexity index is 1210. The number of carbonyl (C=O) groups is 2. The summed E-state index contributed by atoms with van der Waals surface area (Å²) < 4.78 is 0. The highest BCUT2D eigenvalue weighted by atomic mass is 16.2. The van der Waals surface area contributed by atoms with Crippen LogP contribution in [0.5, 0.6) is 0 Å². The second-order valence-corrected chi connectivity index (χ2v) is 7.32. The summed E-state index contributed by atoms with van der Waals surface area (Å²) in [5.74, 6) is -0.250. The van der Waals surface area contributed by atoms with Gasteiger partial charge < -0.3 is 15.6 Å². The van der Waals surface area contributed by atoms with E-state index in [0.717, 1.165) is 40.2 Å². The van der Waals surface area contributed by atoms with Crippen LogP contribution in [0.1, 0.15) is 39.3 Å². The third-order valence-corrected chi connectivity index (χ3v) is 5.19. The van der Waals surface area contributed by atoms with E-state index in [-0.39, 0.29) is 11.8 Å². The Morgan fingerprint density at radius 3 is 2.37 bits per heavy atom. The Morgan fingerprint density at radius 1 is 0.867 bits per heavy atom. The summed E-state index contributed by atoms with van der Waals surface area (Å²) in [5.41, 5.74) is 4.00. The Kier molecular flexibility index (Phi) is 5.75. The van der Waals surface area contributed by atoms with E-state index in [1.807, 2.05) is 61.5 Å². The predicted molar refractivity (Wildman–Crippen MR) is 119 cm³/mol. The molecule has 4 rings (SSSR count). The van der Waals surface area contributed by atoms with Crippen molar-refractivity contribution in [2.24, 2.45) is 0 Å². The van der Waals surface area contributed by atoms with Gasteiger partial charge in [-0.3, -0.25) is 9.59 Å². The van der Waals surface area contributed by atoms with Gasteiger partial charge in [0.25, 0.3) is 11.8 Å². The average molecular weight is 400 g/mol. The van der Waals surface area contributed by atoms with Gasteiger partial charge >= 0.3 is 0 Å². The first kappa shape index (κ1) is 19.6. The van der Waals surface area contributed by atoms with Gasteiger partial charge in [-0.05, 0) is 43.5 Å². The molecule has 0 saturated carbocycles. The van der Waals surface area contributed by atoms with E-state index in [0.29, 0.717) is 24.3 Å². The zero-order valence-electron chi connectivity index (χ0n) is 16.9. The zero-order valence-corrected chi connectivity index (χ0v) is 16.9. The van der Waals surface area contributed by atoms with Crippen LogP contribution in [0.15, 0.2) is 60.8 Å². The van der Waals surface area contributed by atoms with E-state index in [1.54, 1.807) is 6.20 Å². The topological polar surface area (TPSA) is 86.9 Å². The van der Waals surface area contributed by atoms with Crippen molar-refractivity contribution < 1.29 is 9.59 Å². The van der Waals surface area contributed by atoms with Gasteiger partial charge in [-0.1, -0.05) is 36.4 Å². The number of nitrogens with one attached hydrogen (secondary N) is 3. The molecule has 152 valence electrons.